The molecule has 1 amide bonds. The first-order valence-corrected chi connectivity index (χ1v) is 10.8. The lowest BCUT2D eigenvalue weighted by Gasteiger charge is -2.27. The summed E-state index contributed by atoms with van der Waals surface area (Å²) < 4.78 is 5.39. The number of nitrogens with one attached hydrogen (secondary N) is 1. The molecule has 1 aliphatic heterocycles. The number of hydrogen-bond donors (Lipinski definition) is 1. The monoisotopic (exact) mass is 473 g/mol. The molecule has 2 aromatic rings. The van der Waals surface area contributed by atoms with Crippen molar-refractivity contribution in [1.29, 1.82) is 0 Å². The second kappa shape index (κ2) is 10.0. The van der Waals surface area contributed by atoms with Crippen LogP contribution in [0.3, 0.4) is 0 Å². The number of nitrogens with zero attached hydrogens (tertiary/aromatic N) is 2. The summed E-state index contributed by atoms with van der Waals surface area (Å²) in [6.07, 6.45) is 0. The van der Waals surface area contributed by atoms with Crippen LogP contribution < -0.4 is 14.7 Å². The largest absolute Gasteiger partial charge is 0.872 e. The van der Waals surface area contributed by atoms with E-state index in [2.05, 4.69) is 0 Å². The molecule has 0 saturated carbocycles. The Kier molecular flexibility index (Phi) is 7.35. The third kappa shape index (κ3) is 4.99. The van der Waals surface area contributed by atoms with Gasteiger partial charge in [-0.2, -0.15) is 0 Å². The van der Waals surface area contributed by atoms with Gasteiger partial charge in [0.2, 0.25) is 5.78 Å². The van der Waals surface area contributed by atoms with Crippen molar-refractivity contribution in [2.75, 3.05) is 33.8 Å². The highest BCUT2D eigenvalue weighted by Gasteiger charge is 2.44. The molecule has 1 atom stereocenters. The molecule has 3 rings (SSSR count). The van der Waals surface area contributed by atoms with Crippen molar-refractivity contribution in [2.45, 2.75) is 13.0 Å². The van der Waals surface area contributed by atoms with Crippen molar-refractivity contribution in [1.82, 2.24) is 4.90 Å². The maximum Gasteiger partial charge on any atom is 0.295 e. The lowest BCUT2D eigenvalue weighted by atomic mass is 9.95. The molecule has 0 spiro atoms. The summed E-state index contributed by atoms with van der Waals surface area (Å²) in [6, 6.07) is 8.97. The Hall–Kier alpha value is -3.43. The van der Waals surface area contributed by atoms with Crippen LogP contribution in [0, 0.1) is 10.1 Å². The van der Waals surface area contributed by atoms with Gasteiger partial charge in [-0.15, -0.1) is 0 Å². The fourth-order valence-corrected chi connectivity index (χ4v) is 3.91. The molecule has 2 aromatic carbocycles. The highest BCUT2D eigenvalue weighted by molar-refractivity contribution is 6.46. The van der Waals surface area contributed by atoms with E-state index >= 15 is 0 Å². The van der Waals surface area contributed by atoms with Gasteiger partial charge in [0.15, 0.2) is 0 Å². The maximum atomic E-state index is 13.4. The van der Waals surface area contributed by atoms with E-state index in [9.17, 15) is 24.8 Å². The van der Waals surface area contributed by atoms with Gasteiger partial charge in [0, 0.05) is 17.7 Å². The van der Waals surface area contributed by atoms with Crippen molar-refractivity contribution >= 4 is 34.7 Å². The second-order valence-electron chi connectivity index (χ2n) is 7.86. The van der Waals surface area contributed by atoms with Crippen molar-refractivity contribution in [3.63, 3.8) is 0 Å². The molecule has 0 bridgehead atoms. The lowest BCUT2D eigenvalue weighted by Crippen LogP contribution is -3.06. The standard InChI is InChI=1S/C23H24ClN3O6/c1-4-33-18-9-8-15(13-17(18)24)21(28)19-20(14-6-5-7-16(12-14)27(31)32)26(11-10-25(2)3)23(30)22(19)29/h5-9,12-13,20,28H,4,10-11H2,1-3H3/b21-19+. The van der Waals surface area contributed by atoms with Gasteiger partial charge in [0.1, 0.15) is 5.75 Å². The molecule has 1 N–H and O–H groups in total. The van der Waals surface area contributed by atoms with E-state index in [1.165, 1.54) is 41.3 Å². The second-order valence-corrected chi connectivity index (χ2v) is 8.27. The Morgan fingerprint density at radius 1 is 1.21 bits per heavy atom. The van der Waals surface area contributed by atoms with E-state index < -0.39 is 28.4 Å². The number of rotatable bonds is 8. The molecule has 0 radical (unpaired) electrons. The van der Waals surface area contributed by atoms with Gasteiger partial charge < -0.3 is 19.6 Å². The van der Waals surface area contributed by atoms with E-state index in [0.717, 1.165) is 4.90 Å². The topological polar surface area (TPSA) is 117 Å². The number of hydrogen-bond acceptors (Lipinski definition) is 6. The van der Waals surface area contributed by atoms with Crippen LogP contribution in [0.25, 0.3) is 5.76 Å². The molecule has 1 unspecified atom stereocenters. The zero-order valence-electron chi connectivity index (χ0n) is 18.5. The van der Waals surface area contributed by atoms with Crippen molar-refractivity contribution < 1.29 is 29.3 Å². The highest BCUT2D eigenvalue weighted by atomic mass is 35.5. The predicted molar refractivity (Wildman–Crippen MR) is 120 cm³/mol. The molecule has 1 fully saturated rings. The molecule has 1 aliphatic rings. The Morgan fingerprint density at radius 3 is 2.55 bits per heavy atom. The molecule has 10 heteroatoms. The molecular formula is C23H24ClN3O6. The van der Waals surface area contributed by atoms with Crippen LogP contribution in [-0.2, 0) is 9.59 Å². The van der Waals surface area contributed by atoms with Gasteiger partial charge >= 0.3 is 0 Å². The van der Waals surface area contributed by atoms with Gasteiger partial charge in [-0.3, -0.25) is 19.7 Å². The summed E-state index contributed by atoms with van der Waals surface area (Å²) in [5, 5.41) is 24.9. The van der Waals surface area contributed by atoms with Gasteiger partial charge in [0.05, 0.1) is 49.8 Å². The number of non-ortho nitro benzene ring substituents is 1. The minimum Gasteiger partial charge on any atom is -0.872 e. The van der Waals surface area contributed by atoms with Crippen molar-refractivity contribution in [3.05, 3.63) is 74.3 Å². The average Bonchev–Trinajstić information content (AvgIpc) is 3.03. The summed E-state index contributed by atoms with van der Waals surface area (Å²) in [5.41, 5.74) is -0.0180. The lowest BCUT2D eigenvalue weighted by molar-refractivity contribution is -0.857. The molecular weight excluding hydrogens is 450 g/mol. The third-order valence-electron chi connectivity index (χ3n) is 5.27. The van der Waals surface area contributed by atoms with Crippen LogP contribution in [0.1, 0.15) is 24.1 Å². The number of halogens is 1. The van der Waals surface area contributed by atoms with Crippen LogP contribution in [0.5, 0.6) is 5.75 Å². The number of carbonyl (C=O) groups excluding carboxylic acids is 2. The molecule has 0 aliphatic carbocycles. The number of benzene rings is 2. The number of ether oxygens (including phenoxy) is 1. The summed E-state index contributed by atoms with van der Waals surface area (Å²) in [4.78, 5) is 39.0. The van der Waals surface area contributed by atoms with Crippen molar-refractivity contribution in [2.24, 2.45) is 0 Å². The number of carbonyl (C=O) groups is 2. The highest BCUT2D eigenvalue weighted by Crippen LogP contribution is 2.40. The van der Waals surface area contributed by atoms with Gasteiger partial charge in [0.25, 0.3) is 11.6 Å². The first kappa shape index (κ1) is 24.2. The summed E-state index contributed by atoms with van der Waals surface area (Å²) in [7, 11) is 3.78. The zero-order chi connectivity index (χ0) is 24.3. The Morgan fingerprint density at radius 2 is 1.94 bits per heavy atom. The van der Waals surface area contributed by atoms with E-state index in [-0.39, 0.29) is 28.4 Å². The average molecular weight is 474 g/mol. The fourth-order valence-electron chi connectivity index (χ4n) is 3.67. The molecule has 1 heterocycles. The van der Waals surface area contributed by atoms with Gasteiger partial charge in [-0.1, -0.05) is 35.6 Å². The number of amides is 1. The van der Waals surface area contributed by atoms with E-state index in [0.29, 0.717) is 24.5 Å². The van der Waals surface area contributed by atoms with Crippen LogP contribution in [0.2, 0.25) is 5.02 Å². The Bertz CT molecular complexity index is 1130. The Labute approximate surface area is 196 Å². The smallest absolute Gasteiger partial charge is 0.295 e. The number of nitro groups is 1. The zero-order valence-corrected chi connectivity index (χ0v) is 19.2. The third-order valence-corrected chi connectivity index (χ3v) is 5.57. The van der Waals surface area contributed by atoms with E-state index in [1.807, 2.05) is 14.1 Å². The molecule has 174 valence electrons. The van der Waals surface area contributed by atoms with E-state index in [1.54, 1.807) is 13.0 Å². The molecule has 1 saturated heterocycles. The minimum atomic E-state index is -1.04. The van der Waals surface area contributed by atoms with Crippen LogP contribution >= 0.6 is 11.6 Å². The van der Waals surface area contributed by atoms with Crippen LogP contribution in [0.15, 0.2) is 48.0 Å². The predicted octanol–water partition coefficient (Wildman–Crippen LogP) is 1.02. The van der Waals surface area contributed by atoms with Crippen LogP contribution in [-0.4, -0.2) is 55.3 Å². The normalized spacial score (nSPS) is 17.6. The number of quaternary nitrogens is 1. The first-order chi connectivity index (χ1) is 15.6. The minimum absolute atomic E-state index is 0.120. The maximum absolute atomic E-state index is 13.4. The first-order valence-electron chi connectivity index (χ1n) is 10.4. The van der Waals surface area contributed by atoms with Crippen LogP contribution in [0.4, 0.5) is 5.69 Å². The quantitative estimate of drug-likeness (QED) is 0.201. The van der Waals surface area contributed by atoms with Gasteiger partial charge in [-0.25, -0.2) is 0 Å². The SMILES string of the molecule is CCOc1ccc(/C([O-])=C2\C(=O)C(=O)N(CC[NH+](C)C)C2c2cccc([N+](=O)[O-])c2)cc1Cl. The summed E-state index contributed by atoms with van der Waals surface area (Å²) >= 11 is 6.22. The number of Topliss-reactive ketones (excluding diaryl/α,β-unsaturated/α-hetero) is 1. The molecule has 9 nitrogen and oxygen atoms in total. The van der Waals surface area contributed by atoms with Crippen molar-refractivity contribution in [3.8, 4) is 5.75 Å². The summed E-state index contributed by atoms with van der Waals surface area (Å²) in [5.74, 6) is -2.00. The molecule has 33 heavy (non-hydrogen) atoms. The number of nitro benzene ring substituents is 1. The van der Waals surface area contributed by atoms with Gasteiger partial charge in [-0.05, 0) is 30.2 Å². The number of likely N-dealkylation sites (N-methyl/N-ethyl adjacent to an activating group) is 1. The Balaban J connectivity index is 2.17. The molecule has 0 aromatic heterocycles. The summed E-state index contributed by atoms with van der Waals surface area (Å²) in [6.45, 7) is 2.89. The number of ketones is 1. The van der Waals surface area contributed by atoms with E-state index in [4.69, 9.17) is 16.3 Å². The fraction of sp³-hybridized carbons (Fsp3) is 0.304. The number of likely N-dealkylation sites (tertiary alicyclic amines) is 1.